The average Bonchev–Trinajstić information content (AvgIpc) is 3.01. The molecular weight excluding hydrogens is 315 g/mol. The minimum atomic E-state index is -0.321. The van der Waals surface area contributed by atoms with Gasteiger partial charge < -0.3 is 10.2 Å². The molecule has 5 heteroatoms. The van der Waals surface area contributed by atoms with Crippen LogP contribution in [0.3, 0.4) is 0 Å². The maximum atomic E-state index is 13.6. The number of benzene rings is 2. The van der Waals surface area contributed by atoms with Crippen molar-refractivity contribution >= 4 is 23.3 Å². The molecule has 2 aromatic carbocycles. The lowest BCUT2D eigenvalue weighted by Gasteiger charge is -2.25. The van der Waals surface area contributed by atoms with Gasteiger partial charge in [-0.1, -0.05) is 29.8 Å². The SMILES string of the molecule is Cc1ccc(NC(=O)N2CCCC2c2ccc(Cl)cc2)cc1F. The van der Waals surface area contributed by atoms with E-state index in [2.05, 4.69) is 5.32 Å². The Labute approximate surface area is 140 Å². The molecule has 1 fully saturated rings. The highest BCUT2D eigenvalue weighted by Gasteiger charge is 2.30. The van der Waals surface area contributed by atoms with Gasteiger partial charge in [0.25, 0.3) is 0 Å². The van der Waals surface area contributed by atoms with Gasteiger partial charge in [0.2, 0.25) is 0 Å². The molecule has 1 atom stereocenters. The third-order valence-electron chi connectivity index (χ3n) is 4.19. The van der Waals surface area contributed by atoms with Crippen molar-refractivity contribution in [2.24, 2.45) is 0 Å². The van der Waals surface area contributed by atoms with E-state index >= 15 is 0 Å². The zero-order chi connectivity index (χ0) is 16.4. The summed E-state index contributed by atoms with van der Waals surface area (Å²) in [4.78, 5) is 14.3. The summed E-state index contributed by atoms with van der Waals surface area (Å²) >= 11 is 5.92. The van der Waals surface area contributed by atoms with E-state index < -0.39 is 0 Å². The molecule has 2 aromatic rings. The number of aryl methyl sites for hydroxylation is 1. The number of likely N-dealkylation sites (tertiary alicyclic amines) is 1. The zero-order valence-corrected chi connectivity index (χ0v) is 13.6. The maximum absolute atomic E-state index is 13.6. The van der Waals surface area contributed by atoms with Gasteiger partial charge in [-0.05, 0) is 55.2 Å². The summed E-state index contributed by atoms with van der Waals surface area (Å²) < 4.78 is 13.6. The van der Waals surface area contributed by atoms with E-state index in [9.17, 15) is 9.18 Å². The molecule has 1 saturated heterocycles. The highest BCUT2D eigenvalue weighted by Crippen LogP contribution is 2.33. The Hall–Kier alpha value is -2.07. The van der Waals surface area contributed by atoms with Gasteiger partial charge in [-0.25, -0.2) is 9.18 Å². The third-order valence-corrected chi connectivity index (χ3v) is 4.44. The highest BCUT2D eigenvalue weighted by atomic mass is 35.5. The first-order valence-electron chi connectivity index (χ1n) is 7.64. The van der Waals surface area contributed by atoms with Gasteiger partial charge in [-0.15, -0.1) is 0 Å². The second-order valence-corrected chi connectivity index (χ2v) is 6.23. The van der Waals surface area contributed by atoms with Crippen LogP contribution in [0.15, 0.2) is 42.5 Å². The molecule has 1 N–H and O–H groups in total. The Balaban J connectivity index is 1.75. The molecule has 3 nitrogen and oxygen atoms in total. The van der Waals surface area contributed by atoms with E-state index in [1.54, 1.807) is 24.0 Å². The van der Waals surface area contributed by atoms with Gasteiger partial charge in [0.1, 0.15) is 5.82 Å². The van der Waals surface area contributed by atoms with Crippen LogP contribution in [-0.4, -0.2) is 17.5 Å². The maximum Gasteiger partial charge on any atom is 0.322 e. The van der Waals surface area contributed by atoms with Crippen molar-refractivity contribution in [1.82, 2.24) is 4.90 Å². The van der Waals surface area contributed by atoms with Gasteiger partial charge in [0.05, 0.1) is 6.04 Å². The van der Waals surface area contributed by atoms with Crippen LogP contribution >= 0.6 is 11.6 Å². The number of carbonyl (C=O) groups excluding carboxylic acids is 1. The molecule has 1 heterocycles. The summed E-state index contributed by atoms with van der Waals surface area (Å²) in [5, 5.41) is 3.46. The number of halogens is 2. The van der Waals surface area contributed by atoms with E-state index in [1.165, 1.54) is 6.07 Å². The van der Waals surface area contributed by atoms with Crippen LogP contribution in [0.5, 0.6) is 0 Å². The first-order valence-corrected chi connectivity index (χ1v) is 8.01. The second kappa shape index (κ2) is 6.59. The second-order valence-electron chi connectivity index (χ2n) is 5.80. The number of hydrogen-bond acceptors (Lipinski definition) is 1. The molecule has 0 radical (unpaired) electrons. The predicted molar refractivity (Wildman–Crippen MR) is 90.3 cm³/mol. The van der Waals surface area contributed by atoms with Crippen molar-refractivity contribution < 1.29 is 9.18 Å². The monoisotopic (exact) mass is 332 g/mol. The lowest BCUT2D eigenvalue weighted by molar-refractivity contribution is 0.207. The van der Waals surface area contributed by atoms with Crippen LogP contribution in [0.2, 0.25) is 5.02 Å². The summed E-state index contributed by atoms with van der Waals surface area (Å²) in [6.07, 6.45) is 1.86. The van der Waals surface area contributed by atoms with Crippen LogP contribution < -0.4 is 5.32 Å². The molecule has 3 rings (SSSR count). The van der Waals surface area contributed by atoms with Gasteiger partial charge in [-0.2, -0.15) is 0 Å². The quantitative estimate of drug-likeness (QED) is 0.809. The van der Waals surface area contributed by atoms with Gasteiger partial charge in [-0.3, -0.25) is 0 Å². The molecular formula is C18H18ClFN2O. The minimum absolute atomic E-state index is 0.0301. The molecule has 23 heavy (non-hydrogen) atoms. The van der Waals surface area contributed by atoms with Crippen LogP contribution in [0.25, 0.3) is 0 Å². The van der Waals surface area contributed by atoms with E-state index in [-0.39, 0.29) is 17.9 Å². The molecule has 0 spiro atoms. The highest BCUT2D eigenvalue weighted by molar-refractivity contribution is 6.30. The van der Waals surface area contributed by atoms with E-state index in [1.807, 2.05) is 24.3 Å². The molecule has 1 unspecified atom stereocenters. The standard InChI is InChI=1S/C18H18ClFN2O/c1-12-4-9-15(11-16(12)20)21-18(23)22-10-2-3-17(22)13-5-7-14(19)8-6-13/h4-9,11,17H,2-3,10H2,1H3,(H,21,23). The van der Waals surface area contributed by atoms with E-state index in [4.69, 9.17) is 11.6 Å². The Bertz CT molecular complexity index is 717. The zero-order valence-electron chi connectivity index (χ0n) is 12.9. The summed E-state index contributed by atoms with van der Waals surface area (Å²) in [7, 11) is 0. The number of anilines is 1. The lowest BCUT2D eigenvalue weighted by Crippen LogP contribution is -2.34. The van der Waals surface area contributed by atoms with Crippen LogP contribution in [-0.2, 0) is 0 Å². The Morgan fingerprint density at radius 2 is 2.00 bits per heavy atom. The summed E-state index contributed by atoms with van der Waals surface area (Å²) in [6, 6.07) is 12.1. The minimum Gasteiger partial charge on any atom is -0.317 e. The number of hydrogen-bond donors (Lipinski definition) is 1. The Kier molecular flexibility index (Phi) is 4.53. The van der Waals surface area contributed by atoms with Crippen molar-refractivity contribution in [3.8, 4) is 0 Å². The normalized spacial score (nSPS) is 17.3. The predicted octanol–water partition coefficient (Wildman–Crippen LogP) is 5.16. The molecule has 0 bridgehead atoms. The third kappa shape index (κ3) is 3.48. The van der Waals surface area contributed by atoms with Crippen molar-refractivity contribution in [2.75, 3.05) is 11.9 Å². The Morgan fingerprint density at radius 1 is 1.26 bits per heavy atom. The van der Waals surface area contributed by atoms with Crippen molar-refractivity contribution in [1.29, 1.82) is 0 Å². The number of nitrogens with zero attached hydrogens (tertiary/aromatic N) is 1. The average molecular weight is 333 g/mol. The topological polar surface area (TPSA) is 32.3 Å². The molecule has 0 aromatic heterocycles. The van der Waals surface area contributed by atoms with Gasteiger partial charge >= 0.3 is 6.03 Å². The van der Waals surface area contributed by atoms with Crippen LogP contribution in [0.1, 0.15) is 30.0 Å². The van der Waals surface area contributed by atoms with Crippen LogP contribution in [0.4, 0.5) is 14.9 Å². The number of rotatable bonds is 2. The van der Waals surface area contributed by atoms with Crippen molar-refractivity contribution in [3.63, 3.8) is 0 Å². The molecule has 0 saturated carbocycles. The summed E-state index contributed by atoms with van der Waals surface area (Å²) in [5.41, 5.74) is 2.10. The van der Waals surface area contributed by atoms with Crippen LogP contribution in [0, 0.1) is 12.7 Å². The molecule has 1 aliphatic rings. The molecule has 0 aliphatic carbocycles. The molecule has 1 aliphatic heterocycles. The molecule has 120 valence electrons. The summed E-state index contributed by atoms with van der Waals surface area (Å²) in [6.45, 7) is 2.38. The van der Waals surface area contributed by atoms with Crippen molar-refractivity contribution in [3.05, 3.63) is 64.4 Å². The first kappa shape index (κ1) is 15.8. The summed E-state index contributed by atoms with van der Waals surface area (Å²) in [5.74, 6) is -0.321. The fourth-order valence-electron chi connectivity index (χ4n) is 2.91. The smallest absolute Gasteiger partial charge is 0.317 e. The van der Waals surface area contributed by atoms with Crippen molar-refractivity contribution in [2.45, 2.75) is 25.8 Å². The number of carbonyl (C=O) groups is 1. The fourth-order valence-corrected chi connectivity index (χ4v) is 3.03. The lowest BCUT2D eigenvalue weighted by atomic mass is 10.1. The number of amides is 2. The largest absolute Gasteiger partial charge is 0.322 e. The van der Waals surface area contributed by atoms with Gasteiger partial charge in [0.15, 0.2) is 0 Å². The number of nitrogens with one attached hydrogen (secondary N) is 1. The fraction of sp³-hybridized carbons (Fsp3) is 0.278. The Morgan fingerprint density at radius 3 is 2.70 bits per heavy atom. The van der Waals surface area contributed by atoms with E-state index in [0.29, 0.717) is 22.8 Å². The van der Waals surface area contributed by atoms with E-state index in [0.717, 1.165) is 18.4 Å². The van der Waals surface area contributed by atoms with Gasteiger partial charge in [0, 0.05) is 17.3 Å². The molecule has 2 amide bonds. The number of urea groups is 1. The first-order chi connectivity index (χ1) is 11.0.